The third-order valence-corrected chi connectivity index (χ3v) is 1.97. The van der Waals surface area contributed by atoms with Crippen molar-refractivity contribution in [2.45, 2.75) is 13.3 Å². The molecule has 1 rings (SSSR count). The van der Waals surface area contributed by atoms with E-state index in [1.54, 1.807) is 0 Å². The number of ether oxygens (including phenoxy) is 1. The minimum Gasteiger partial charge on any atom is -0.507 e. The second-order valence-corrected chi connectivity index (χ2v) is 3.25. The van der Waals surface area contributed by atoms with E-state index >= 15 is 0 Å². The average molecular weight is 240 g/mol. The third-order valence-electron chi connectivity index (χ3n) is 1.97. The van der Waals surface area contributed by atoms with E-state index < -0.39 is 17.7 Å². The highest BCUT2D eigenvalue weighted by Gasteiger charge is 2.15. The fourth-order valence-electron chi connectivity index (χ4n) is 1.16. The predicted octanol–water partition coefficient (Wildman–Crippen LogP) is 1.59. The van der Waals surface area contributed by atoms with Crippen LogP contribution in [0.5, 0.6) is 5.75 Å². The molecular formula is C11H12O6. The maximum atomic E-state index is 11.4. The summed E-state index contributed by atoms with van der Waals surface area (Å²) in [6.45, 7) is 2.09. The molecule has 2 N–H and O–H groups in total. The van der Waals surface area contributed by atoms with E-state index in [4.69, 9.17) is 9.99 Å². The smallest absolute Gasteiger partial charge is 0.372 e. The molecule has 0 radical (unpaired) electrons. The van der Waals surface area contributed by atoms with Gasteiger partial charge < -0.3 is 9.84 Å². The molecule has 1 aromatic carbocycles. The van der Waals surface area contributed by atoms with Gasteiger partial charge in [-0.2, -0.15) is 5.26 Å². The van der Waals surface area contributed by atoms with Crippen molar-refractivity contribution in [3.05, 3.63) is 29.3 Å². The van der Waals surface area contributed by atoms with Crippen LogP contribution < -0.4 is 0 Å². The molecule has 0 aliphatic heterocycles. The van der Waals surface area contributed by atoms with Gasteiger partial charge in [-0.15, -0.1) is 0 Å². The predicted molar refractivity (Wildman–Crippen MR) is 56.7 cm³/mol. The molecule has 0 fully saturated rings. The SMILES string of the molecule is CCCOC(=O)c1ccc(C(=O)OO)cc1O. The van der Waals surface area contributed by atoms with Crippen molar-refractivity contribution in [3.63, 3.8) is 0 Å². The number of hydrogen-bond donors (Lipinski definition) is 2. The molecular weight excluding hydrogens is 228 g/mol. The lowest BCUT2D eigenvalue weighted by atomic mass is 10.1. The molecule has 1 aromatic rings. The Labute approximate surface area is 97.3 Å². The minimum absolute atomic E-state index is 0.0482. The summed E-state index contributed by atoms with van der Waals surface area (Å²) in [6.07, 6.45) is 0.668. The Hall–Kier alpha value is -2.08. The van der Waals surface area contributed by atoms with E-state index in [1.165, 1.54) is 12.1 Å². The molecule has 0 amide bonds. The Balaban J connectivity index is 2.89. The minimum atomic E-state index is -1.02. The van der Waals surface area contributed by atoms with E-state index in [0.29, 0.717) is 6.42 Å². The van der Waals surface area contributed by atoms with Crippen LogP contribution in [-0.2, 0) is 9.62 Å². The summed E-state index contributed by atoms with van der Waals surface area (Å²) >= 11 is 0. The van der Waals surface area contributed by atoms with Gasteiger partial charge in [-0.1, -0.05) is 6.92 Å². The Morgan fingerprint density at radius 1 is 1.29 bits per heavy atom. The Kier molecular flexibility index (Phi) is 4.47. The molecule has 0 aromatic heterocycles. The Bertz CT molecular complexity index is 426. The third kappa shape index (κ3) is 3.18. The van der Waals surface area contributed by atoms with Crippen LogP contribution in [0, 0.1) is 0 Å². The Morgan fingerprint density at radius 3 is 2.53 bits per heavy atom. The van der Waals surface area contributed by atoms with E-state index in [9.17, 15) is 14.7 Å². The number of benzene rings is 1. The maximum absolute atomic E-state index is 11.4. The highest BCUT2D eigenvalue weighted by molar-refractivity contribution is 5.95. The lowest BCUT2D eigenvalue weighted by Crippen LogP contribution is -2.08. The fourth-order valence-corrected chi connectivity index (χ4v) is 1.16. The largest absolute Gasteiger partial charge is 0.507 e. The van der Waals surface area contributed by atoms with Crippen LogP contribution >= 0.6 is 0 Å². The zero-order chi connectivity index (χ0) is 12.8. The summed E-state index contributed by atoms with van der Waals surface area (Å²) in [5.74, 6) is -2.10. The molecule has 0 atom stereocenters. The first-order valence-corrected chi connectivity index (χ1v) is 4.96. The lowest BCUT2D eigenvalue weighted by Gasteiger charge is -2.06. The van der Waals surface area contributed by atoms with E-state index in [-0.39, 0.29) is 17.7 Å². The van der Waals surface area contributed by atoms with Crippen molar-refractivity contribution in [1.82, 2.24) is 0 Å². The number of hydrogen-bond acceptors (Lipinski definition) is 6. The van der Waals surface area contributed by atoms with Crippen LogP contribution in [0.1, 0.15) is 34.1 Å². The molecule has 0 bridgehead atoms. The van der Waals surface area contributed by atoms with Gasteiger partial charge in [0, 0.05) is 0 Å². The van der Waals surface area contributed by atoms with Gasteiger partial charge in [-0.25, -0.2) is 9.59 Å². The van der Waals surface area contributed by atoms with E-state index in [2.05, 4.69) is 4.89 Å². The lowest BCUT2D eigenvalue weighted by molar-refractivity contribution is -0.182. The fraction of sp³-hybridized carbons (Fsp3) is 0.273. The molecule has 92 valence electrons. The molecule has 17 heavy (non-hydrogen) atoms. The maximum Gasteiger partial charge on any atom is 0.372 e. The summed E-state index contributed by atoms with van der Waals surface area (Å²) in [5.41, 5.74) is -0.120. The molecule has 0 saturated heterocycles. The van der Waals surface area contributed by atoms with Crippen LogP contribution in [0.15, 0.2) is 18.2 Å². The molecule has 0 spiro atoms. The van der Waals surface area contributed by atoms with Crippen LogP contribution in [0.3, 0.4) is 0 Å². The normalized spacial score (nSPS) is 9.76. The van der Waals surface area contributed by atoms with Gasteiger partial charge in [0.15, 0.2) is 0 Å². The number of rotatable bonds is 4. The molecule has 0 aliphatic rings. The van der Waals surface area contributed by atoms with Gasteiger partial charge in [0.25, 0.3) is 0 Å². The molecule has 0 saturated carbocycles. The first-order chi connectivity index (χ1) is 8.10. The molecule has 0 heterocycles. The van der Waals surface area contributed by atoms with Gasteiger partial charge in [0.2, 0.25) is 0 Å². The number of phenols is 1. The van der Waals surface area contributed by atoms with Crippen molar-refractivity contribution < 1.29 is 29.6 Å². The number of carbonyl (C=O) groups is 2. The highest BCUT2D eigenvalue weighted by Crippen LogP contribution is 2.20. The topological polar surface area (TPSA) is 93.1 Å². The zero-order valence-electron chi connectivity index (χ0n) is 9.17. The van der Waals surface area contributed by atoms with Crippen LogP contribution in [-0.4, -0.2) is 28.9 Å². The summed E-state index contributed by atoms with van der Waals surface area (Å²) in [5, 5.41) is 17.7. The molecule has 0 unspecified atom stereocenters. The Morgan fingerprint density at radius 2 is 2.00 bits per heavy atom. The van der Waals surface area contributed by atoms with Crippen LogP contribution in [0.2, 0.25) is 0 Å². The molecule has 6 nitrogen and oxygen atoms in total. The van der Waals surface area contributed by atoms with Crippen molar-refractivity contribution >= 4 is 11.9 Å². The molecule has 0 aliphatic carbocycles. The van der Waals surface area contributed by atoms with Gasteiger partial charge in [-0.05, 0) is 24.6 Å². The summed E-state index contributed by atoms with van der Waals surface area (Å²) in [7, 11) is 0. The van der Waals surface area contributed by atoms with Crippen molar-refractivity contribution in [1.29, 1.82) is 0 Å². The number of phenolic OH excluding ortho intramolecular Hbond substituents is 1. The highest BCUT2D eigenvalue weighted by atomic mass is 17.1. The van der Waals surface area contributed by atoms with Gasteiger partial charge in [-0.3, -0.25) is 4.89 Å². The van der Waals surface area contributed by atoms with Gasteiger partial charge in [0.1, 0.15) is 11.3 Å². The zero-order valence-corrected chi connectivity index (χ0v) is 9.17. The average Bonchev–Trinajstić information content (AvgIpc) is 2.34. The van der Waals surface area contributed by atoms with Crippen LogP contribution in [0.25, 0.3) is 0 Å². The van der Waals surface area contributed by atoms with Crippen molar-refractivity contribution in [2.24, 2.45) is 0 Å². The monoisotopic (exact) mass is 240 g/mol. The van der Waals surface area contributed by atoms with Gasteiger partial charge in [0.05, 0.1) is 12.2 Å². The second-order valence-electron chi connectivity index (χ2n) is 3.25. The number of esters is 1. The number of aromatic hydroxyl groups is 1. The second kappa shape index (κ2) is 5.86. The van der Waals surface area contributed by atoms with E-state index in [0.717, 1.165) is 6.07 Å². The summed E-state index contributed by atoms with van der Waals surface area (Å²) in [4.78, 5) is 25.8. The number of carbonyl (C=O) groups excluding carboxylic acids is 2. The summed E-state index contributed by atoms with van der Waals surface area (Å²) < 4.78 is 4.82. The standard InChI is InChI=1S/C11H12O6/c1-2-5-16-11(14)8-4-3-7(6-9(8)12)10(13)17-15/h3-4,6,12,15H,2,5H2,1H3. The molecule has 6 heteroatoms. The quantitative estimate of drug-likeness (QED) is 0.471. The first-order valence-electron chi connectivity index (χ1n) is 4.96. The van der Waals surface area contributed by atoms with E-state index in [1.807, 2.05) is 6.92 Å². The van der Waals surface area contributed by atoms with Crippen molar-refractivity contribution in [2.75, 3.05) is 6.61 Å². The van der Waals surface area contributed by atoms with Gasteiger partial charge >= 0.3 is 11.9 Å². The summed E-state index contributed by atoms with van der Waals surface area (Å²) in [6, 6.07) is 3.47. The first kappa shape index (κ1) is 13.0. The van der Waals surface area contributed by atoms with Crippen molar-refractivity contribution in [3.8, 4) is 5.75 Å². The van der Waals surface area contributed by atoms with Crippen LogP contribution in [0.4, 0.5) is 0 Å².